The molecule has 1 aromatic carbocycles. The first-order valence-electron chi connectivity index (χ1n) is 8.58. The summed E-state index contributed by atoms with van der Waals surface area (Å²) in [6.07, 6.45) is 2.55. The molecule has 1 atom stereocenters. The number of nitrogens with zero attached hydrogens (tertiary/aromatic N) is 2. The van der Waals surface area contributed by atoms with Crippen LogP contribution >= 0.6 is 0 Å². The van der Waals surface area contributed by atoms with Crippen LogP contribution in [0.1, 0.15) is 38.7 Å². The van der Waals surface area contributed by atoms with E-state index in [1.807, 2.05) is 32.0 Å². The fourth-order valence-electron chi connectivity index (χ4n) is 3.05. The summed E-state index contributed by atoms with van der Waals surface area (Å²) >= 11 is 0. The Morgan fingerprint density at radius 1 is 1.17 bits per heavy atom. The van der Waals surface area contributed by atoms with Crippen LogP contribution in [-0.2, 0) is 16.8 Å². The molecular weight excluding hydrogens is 310 g/mol. The van der Waals surface area contributed by atoms with E-state index in [9.17, 15) is 8.42 Å². The molecule has 0 saturated carbocycles. The number of hydrogen-bond acceptors (Lipinski definition) is 3. The van der Waals surface area contributed by atoms with Crippen molar-refractivity contribution in [3.05, 3.63) is 35.9 Å². The van der Waals surface area contributed by atoms with Crippen molar-refractivity contribution in [2.24, 2.45) is 0 Å². The first-order chi connectivity index (χ1) is 11.0. The quantitative estimate of drug-likeness (QED) is 0.750. The second-order valence-electron chi connectivity index (χ2n) is 6.23. The van der Waals surface area contributed by atoms with Gasteiger partial charge in [0.25, 0.3) is 10.2 Å². The summed E-state index contributed by atoms with van der Waals surface area (Å²) in [6.45, 7) is 7.79. The lowest BCUT2D eigenvalue weighted by atomic mass is 10.2. The first kappa shape index (κ1) is 18.4. The Hall–Kier alpha value is -0.950. The Bertz CT molecular complexity index is 556. The van der Waals surface area contributed by atoms with E-state index in [0.717, 1.165) is 38.9 Å². The average Bonchev–Trinajstić information content (AvgIpc) is 2.94. The molecule has 5 nitrogen and oxygen atoms in total. The molecule has 130 valence electrons. The van der Waals surface area contributed by atoms with Crippen LogP contribution in [0.4, 0.5) is 0 Å². The minimum atomic E-state index is -3.37. The molecular formula is C17H29N3O2S. The van der Waals surface area contributed by atoms with Crippen LogP contribution in [0.5, 0.6) is 0 Å². The molecule has 1 aliphatic heterocycles. The molecule has 0 unspecified atom stereocenters. The van der Waals surface area contributed by atoms with Crippen molar-refractivity contribution in [1.82, 2.24) is 13.9 Å². The normalized spacial score (nSPS) is 19.5. The molecule has 1 N–H and O–H groups in total. The van der Waals surface area contributed by atoms with Gasteiger partial charge in [0.2, 0.25) is 0 Å². The van der Waals surface area contributed by atoms with Gasteiger partial charge in [-0.15, -0.1) is 0 Å². The van der Waals surface area contributed by atoms with Crippen LogP contribution < -0.4 is 4.72 Å². The van der Waals surface area contributed by atoms with E-state index in [0.29, 0.717) is 13.1 Å². The maximum absolute atomic E-state index is 12.5. The Kier molecular flexibility index (Phi) is 7.02. The van der Waals surface area contributed by atoms with E-state index >= 15 is 0 Å². The molecule has 1 saturated heterocycles. The zero-order valence-electron chi connectivity index (χ0n) is 14.2. The van der Waals surface area contributed by atoms with Crippen molar-refractivity contribution >= 4 is 10.2 Å². The molecule has 0 radical (unpaired) electrons. The van der Waals surface area contributed by atoms with E-state index in [1.165, 1.54) is 5.56 Å². The van der Waals surface area contributed by atoms with Crippen LogP contribution in [0.25, 0.3) is 0 Å². The molecule has 0 aliphatic carbocycles. The number of benzene rings is 1. The molecule has 0 spiro atoms. The van der Waals surface area contributed by atoms with Gasteiger partial charge in [0, 0.05) is 38.8 Å². The molecule has 1 aliphatic rings. The van der Waals surface area contributed by atoms with E-state index in [-0.39, 0.29) is 6.04 Å². The molecule has 1 heterocycles. The summed E-state index contributed by atoms with van der Waals surface area (Å²) in [5.74, 6) is 0. The minimum Gasteiger partial charge on any atom is -0.297 e. The highest BCUT2D eigenvalue weighted by molar-refractivity contribution is 7.87. The highest BCUT2D eigenvalue weighted by Gasteiger charge is 2.29. The SMILES string of the molecule is CCCN(CCC)S(=O)(=O)N[C@H]1CCN(Cc2ccccc2)C1. The minimum absolute atomic E-state index is 0.0138. The van der Waals surface area contributed by atoms with Crippen molar-refractivity contribution in [3.8, 4) is 0 Å². The molecule has 1 fully saturated rings. The first-order valence-corrected chi connectivity index (χ1v) is 10.0. The third-order valence-electron chi connectivity index (χ3n) is 4.12. The standard InChI is InChI=1S/C17H29N3O2S/c1-3-11-20(12-4-2)23(21,22)18-17-10-13-19(15-17)14-16-8-6-5-7-9-16/h5-9,17-18H,3-4,10-15H2,1-2H3/t17-/m0/s1. The summed E-state index contributed by atoms with van der Waals surface area (Å²) < 4.78 is 29.5. The summed E-state index contributed by atoms with van der Waals surface area (Å²) in [5.41, 5.74) is 1.27. The predicted molar refractivity (Wildman–Crippen MR) is 94.3 cm³/mol. The zero-order valence-corrected chi connectivity index (χ0v) is 15.1. The van der Waals surface area contributed by atoms with Crippen molar-refractivity contribution in [2.45, 2.75) is 45.7 Å². The second-order valence-corrected chi connectivity index (χ2v) is 7.93. The van der Waals surface area contributed by atoms with Gasteiger partial charge in [-0.25, -0.2) is 0 Å². The Morgan fingerprint density at radius 2 is 1.83 bits per heavy atom. The van der Waals surface area contributed by atoms with E-state index in [4.69, 9.17) is 0 Å². The molecule has 0 bridgehead atoms. The maximum atomic E-state index is 12.5. The summed E-state index contributed by atoms with van der Waals surface area (Å²) in [5, 5.41) is 0. The summed E-state index contributed by atoms with van der Waals surface area (Å²) in [6, 6.07) is 10.3. The predicted octanol–water partition coefficient (Wildman–Crippen LogP) is 2.22. The van der Waals surface area contributed by atoms with Crippen molar-refractivity contribution in [1.29, 1.82) is 0 Å². The fraction of sp³-hybridized carbons (Fsp3) is 0.647. The largest absolute Gasteiger partial charge is 0.297 e. The van der Waals surface area contributed by atoms with Crippen LogP contribution in [0.15, 0.2) is 30.3 Å². The molecule has 1 aromatic rings. The van der Waals surface area contributed by atoms with Crippen molar-refractivity contribution < 1.29 is 8.42 Å². The van der Waals surface area contributed by atoms with Crippen LogP contribution in [0, 0.1) is 0 Å². The van der Waals surface area contributed by atoms with Crippen molar-refractivity contribution in [2.75, 3.05) is 26.2 Å². The smallest absolute Gasteiger partial charge is 0.279 e. The lowest BCUT2D eigenvalue weighted by Gasteiger charge is -2.24. The van der Waals surface area contributed by atoms with Crippen molar-refractivity contribution in [3.63, 3.8) is 0 Å². The van der Waals surface area contributed by atoms with Crippen LogP contribution in [0.3, 0.4) is 0 Å². The lowest BCUT2D eigenvalue weighted by molar-refractivity contribution is 0.323. The van der Waals surface area contributed by atoms with E-state index in [2.05, 4.69) is 21.8 Å². The van der Waals surface area contributed by atoms with Gasteiger partial charge in [-0.2, -0.15) is 17.4 Å². The molecule has 23 heavy (non-hydrogen) atoms. The number of rotatable bonds is 9. The molecule has 0 aromatic heterocycles. The third-order valence-corrected chi connectivity index (χ3v) is 5.80. The number of hydrogen-bond donors (Lipinski definition) is 1. The monoisotopic (exact) mass is 339 g/mol. The topological polar surface area (TPSA) is 52.7 Å². The van der Waals surface area contributed by atoms with Gasteiger partial charge in [-0.05, 0) is 24.8 Å². The van der Waals surface area contributed by atoms with Gasteiger partial charge in [0.15, 0.2) is 0 Å². The molecule has 2 rings (SSSR count). The molecule has 6 heteroatoms. The van der Waals surface area contributed by atoms with Gasteiger partial charge in [-0.3, -0.25) is 4.90 Å². The fourth-order valence-corrected chi connectivity index (χ4v) is 4.66. The van der Waals surface area contributed by atoms with Crippen LogP contribution in [0.2, 0.25) is 0 Å². The van der Waals surface area contributed by atoms with Gasteiger partial charge in [0.1, 0.15) is 0 Å². The third kappa shape index (κ3) is 5.57. The number of likely N-dealkylation sites (tertiary alicyclic amines) is 1. The highest BCUT2D eigenvalue weighted by atomic mass is 32.2. The molecule has 0 amide bonds. The van der Waals surface area contributed by atoms with Crippen LogP contribution in [-0.4, -0.2) is 49.8 Å². The van der Waals surface area contributed by atoms with E-state index in [1.54, 1.807) is 4.31 Å². The lowest BCUT2D eigenvalue weighted by Crippen LogP contribution is -2.46. The zero-order chi connectivity index (χ0) is 16.7. The highest BCUT2D eigenvalue weighted by Crippen LogP contribution is 2.15. The summed E-state index contributed by atoms with van der Waals surface area (Å²) in [7, 11) is -3.37. The number of nitrogens with one attached hydrogen (secondary N) is 1. The Morgan fingerprint density at radius 3 is 2.43 bits per heavy atom. The Balaban J connectivity index is 1.88. The van der Waals surface area contributed by atoms with Gasteiger partial charge in [0.05, 0.1) is 0 Å². The Labute approximate surface area is 140 Å². The van der Waals surface area contributed by atoms with Gasteiger partial charge < -0.3 is 0 Å². The van der Waals surface area contributed by atoms with Gasteiger partial charge >= 0.3 is 0 Å². The van der Waals surface area contributed by atoms with Gasteiger partial charge in [-0.1, -0.05) is 44.2 Å². The maximum Gasteiger partial charge on any atom is 0.279 e. The van der Waals surface area contributed by atoms with E-state index < -0.39 is 10.2 Å². The summed E-state index contributed by atoms with van der Waals surface area (Å²) in [4.78, 5) is 2.31. The average molecular weight is 340 g/mol. The second kappa shape index (κ2) is 8.78.